The van der Waals surface area contributed by atoms with E-state index in [1.165, 1.54) is 37.3 Å². The van der Waals surface area contributed by atoms with Gasteiger partial charge in [0.1, 0.15) is 0 Å². The zero-order valence-corrected chi connectivity index (χ0v) is 18.1. The molecule has 5 heteroatoms. The van der Waals surface area contributed by atoms with Crippen molar-refractivity contribution in [1.29, 1.82) is 0 Å². The van der Waals surface area contributed by atoms with E-state index >= 15 is 0 Å². The fourth-order valence-electron chi connectivity index (χ4n) is 3.98. The molecule has 160 valence electrons. The molecule has 1 saturated heterocycles. The Bertz CT molecular complexity index is 848. The summed E-state index contributed by atoms with van der Waals surface area (Å²) in [5.74, 6) is -0.0921. The van der Waals surface area contributed by atoms with E-state index in [9.17, 15) is 9.59 Å². The molecule has 0 aliphatic carbocycles. The molecule has 1 aliphatic heterocycles. The van der Waals surface area contributed by atoms with Crippen molar-refractivity contribution in [3.05, 3.63) is 70.8 Å². The van der Waals surface area contributed by atoms with Crippen molar-refractivity contribution in [1.82, 2.24) is 15.5 Å². The second-order valence-corrected chi connectivity index (χ2v) is 8.20. The van der Waals surface area contributed by atoms with Gasteiger partial charge >= 0.3 is 0 Å². The van der Waals surface area contributed by atoms with Gasteiger partial charge in [0.05, 0.1) is 0 Å². The number of rotatable bonds is 8. The van der Waals surface area contributed by atoms with Crippen LogP contribution in [0.25, 0.3) is 0 Å². The van der Waals surface area contributed by atoms with Gasteiger partial charge in [0.2, 0.25) is 5.91 Å². The summed E-state index contributed by atoms with van der Waals surface area (Å²) in [7, 11) is 0. The van der Waals surface area contributed by atoms with Crippen molar-refractivity contribution < 1.29 is 9.59 Å². The van der Waals surface area contributed by atoms with E-state index in [4.69, 9.17) is 0 Å². The normalized spacial score (nSPS) is 16.8. The molecular formula is C25H33N3O2. The predicted octanol–water partition coefficient (Wildman–Crippen LogP) is 3.67. The van der Waals surface area contributed by atoms with Crippen LogP contribution in [0.4, 0.5) is 0 Å². The Balaban J connectivity index is 1.55. The van der Waals surface area contributed by atoms with E-state index in [-0.39, 0.29) is 11.8 Å². The monoisotopic (exact) mass is 407 g/mol. The second-order valence-electron chi connectivity index (χ2n) is 8.20. The number of carbonyl (C=O) groups is 2. The molecule has 5 nitrogen and oxygen atoms in total. The molecule has 0 saturated carbocycles. The van der Waals surface area contributed by atoms with E-state index in [1.807, 2.05) is 30.3 Å². The van der Waals surface area contributed by atoms with Crippen molar-refractivity contribution in [2.75, 3.05) is 13.1 Å². The Morgan fingerprint density at radius 3 is 2.43 bits per heavy atom. The minimum atomic E-state index is -0.0652. The maximum atomic E-state index is 12.6. The highest BCUT2D eigenvalue weighted by Crippen LogP contribution is 2.21. The Hall–Kier alpha value is -2.66. The lowest BCUT2D eigenvalue weighted by molar-refractivity contribution is -0.118. The van der Waals surface area contributed by atoms with Crippen LogP contribution in [0.5, 0.6) is 0 Å². The summed E-state index contributed by atoms with van der Waals surface area (Å²) in [6.45, 7) is 7.04. The van der Waals surface area contributed by atoms with Gasteiger partial charge in [-0.1, -0.05) is 42.8 Å². The quantitative estimate of drug-likeness (QED) is 0.702. The molecule has 3 rings (SSSR count). The molecule has 1 heterocycles. The SMILES string of the molecule is CC(=O)NCCc1ccc(C(=O)NCc2ccccc2CN2CCCC[C@@H]2C)cc1. The number of hydrogen-bond acceptors (Lipinski definition) is 3. The zero-order valence-electron chi connectivity index (χ0n) is 18.1. The molecule has 2 aromatic carbocycles. The van der Waals surface area contributed by atoms with E-state index in [0.29, 0.717) is 24.7 Å². The van der Waals surface area contributed by atoms with Crippen LogP contribution < -0.4 is 10.6 Å². The topological polar surface area (TPSA) is 61.4 Å². The molecule has 30 heavy (non-hydrogen) atoms. The highest BCUT2D eigenvalue weighted by atomic mass is 16.2. The molecular weight excluding hydrogens is 374 g/mol. The molecule has 0 radical (unpaired) electrons. The number of carbonyl (C=O) groups excluding carboxylic acids is 2. The van der Waals surface area contributed by atoms with Gasteiger partial charge in [0.15, 0.2) is 0 Å². The molecule has 1 fully saturated rings. The van der Waals surface area contributed by atoms with Gasteiger partial charge in [-0.05, 0) is 61.6 Å². The second kappa shape index (κ2) is 10.9. The Morgan fingerprint density at radius 2 is 1.73 bits per heavy atom. The summed E-state index contributed by atoms with van der Waals surface area (Å²) in [5.41, 5.74) is 4.22. The first-order chi connectivity index (χ1) is 14.5. The fraction of sp³-hybridized carbons (Fsp3) is 0.440. The summed E-state index contributed by atoms with van der Waals surface area (Å²) >= 11 is 0. The number of likely N-dealkylation sites (tertiary alicyclic amines) is 1. The number of amides is 2. The molecule has 2 N–H and O–H groups in total. The van der Waals surface area contributed by atoms with Gasteiger partial charge in [-0.15, -0.1) is 0 Å². The Labute approximate surface area is 179 Å². The van der Waals surface area contributed by atoms with Crippen molar-refractivity contribution in [2.45, 2.75) is 58.7 Å². The smallest absolute Gasteiger partial charge is 0.251 e. The molecule has 2 aromatic rings. The molecule has 0 aromatic heterocycles. The first kappa shape index (κ1) is 22.0. The largest absolute Gasteiger partial charge is 0.356 e. The van der Waals surface area contributed by atoms with Gasteiger partial charge in [0.25, 0.3) is 5.91 Å². The summed E-state index contributed by atoms with van der Waals surface area (Å²) in [5, 5.41) is 5.85. The molecule has 1 aliphatic rings. The van der Waals surface area contributed by atoms with Crippen LogP contribution in [0.2, 0.25) is 0 Å². The molecule has 0 spiro atoms. The van der Waals surface area contributed by atoms with Crippen LogP contribution >= 0.6 is 0 Å². The average Bonchev–Trinajstić information content (AvgIpc) is 2.75. The van der Waals surface area contributed by atoms with Crippen LogP contribution in [0.3, 0.4) is 0 Å². The fourth-order valence-corrected chi connectivity index (χ4v) is 3.98. The van der Waals surface area contributed by atoms with Crippen LogP contribution in [0.15, 0.2) is 48.5 Å². The van der Waals surface area contributed by atoms with E-state index < -0.39 is 0 Å². The number of piperidine rings is 1. The third-order valence-electron chi connectivity index (χ3n) is 5.88. The van der Waals surface area contributed by atoms with E-state index in [0.717, 1.165) is 25.1 Å². The van der Waals surface area contributed by atoms with Crippen LogP contribution in [0, 0.1) is 0 Å². The van der Waals surface area contributed by atoms with Crippen molar-refractivity contribution in [3.63, 3.8) is 0 Å². The maximum absolute atomic E-state index is 12.6. The van der Waals surface area contributed by atoms with Crippen LogP contribution in [-0.2, 0) is 24.3 Å². The Kier molecular flexibility index (Phi) is 8.03. The van der Waals surface area contributed by atoms with Gasteiger partial charge < -0.3 is 10.6 Å². The molecule has 2 amide bonds. The highest BCUT2D eigenvalue weighted by molar-refractivity contribution is 5.94. The summed E-state index contributed by atoms with van der Waals surface area (Å²) in [6.07, 6.45) is 4.61. The molecule has 0 unspecified atom stereocenters. The van der Waals surface area contributed by atoms with Gasteiger partial charge in [-0.25, -0.2) is 0 Å². The van der Waals surface area contributed by atoms with Gasteiger partial charge in [0, 0.05) is 38.2 Å². The lowest BCUT2D eigenvalue weighted by atomic mass is 10.0. The van der Waals surface area contributed by atoms with Crippen molar-refractivity contribution >= 4 is 11.8 Å². The van der Waals surface area contributed by atoms with Crippen molar-refractivity contribution in [2.24, 2.45) is 0 Å². The number of nitrogens with one attached hydrogen (secondary N) is 2. The first-order valence-corrected chi connectivity index (χ1v) is 11.0. The standard InChI is InChI=1S/C25H33N3O2/c1-19-7-5-6-16-28(19)18-24-9-4-3-8-23(24)17-27-25(30)22-12-10-21(11-13-22)14-15-26-20(2)29/h3-4,8-13,19H,5-7,14-18H2,1-2H3,(H,26,29)(H,27,30)/t19-/m0/s1. The lowest BCUT2D eigenvalue weighted by Crippen LogP contribution is -2.37. The predicted molar refractivity (Wildman–Crippen MR) is 120 cm³/mol. The first-order valence-electron chi connectivity index (χ1n) is 11.0. The third-order valence-corrected chi connectivity index (χ3v) is 5.88. The number of benzene rings is 2. The number of hydrogen-bond donors (Lipinski definition) is 2. The molecule has 1 atom stereocenters. The lowest BCUT2D eigenvalue weighted by Gasteiger charge is -2.33. The summed E-state index contributed by atoms with van der Waals surface area (Å²) < 4.78 is 0. The molecule has 0 bridgehead atoms. The van der Waals surface area contributed by atoms with Gasteiger partial charge in [-0.2, -0.15) is 0 Å². The zero-order chi connectivity index (χ0) is 21.3. The summed E-state index contributed by atoms with van der Waals surface area (Å²) in [6, 6.07) is 16.6. The van der Waals surface area contributed by atoms with E-state index in [2.05, 4.69) is 40.7 Å². The van der Waals surface area contributed by atoms with Crippen molar-refractivity contribution in [3.8, 4) is 0 Å². The average molecular weight is 408 g/mol. The minimum Gasteiger partial charge on any atom is -0.356 e. The minimum absolute atomic E-state index is 0.0268. The van der Waals surface area contributed by atoms with Gasteiger partial charge in [-0.3, -0.25) is 14.5 Å². The summed E-state index contributed by atoms with van der Waals surface area (Å²) in [4.78, 5) is 26.1. The van der Waals surface area contributed by atoms with E-state index in [1.54, 1.807) is 0 Å². The van der Waals surface area contributed by atoms with Crippen LogP contribution in [-0.4, -0.2) is 35.8 Å². The maximum Gasteiger partial charge on any atom is 0.251 e. The van der Waals surface area contributed by atoms with Crippen LogP contribution in [0.1, 0.15) is 60.2 Å². The Morgan fingerprint density at radius 1 is 1.00 bits per heavy atom. The number of nitrogens with zero attached hydrogens (tertiary/aromatic N) is 1. The third kappa shape index (κ3) is 6.42. The highest BCUT2D eigenvalue weighted by Gasteiger charge is 2.19.